The molecule has 9 heteroatoms. The first kappa shape index (κ1) is 11.3. The minimum absolute atomic E-state index is 0.0785. The van der Waals surface area contributed by atoms with Crippen molar-refractivity contribution < 1.29 is 19.3 Å². The maximum Gasteiger partial charge on any atom is 0.533 e. The molecule has 1 aliphatic heterocycles. The Kier molecular flexibility index (Phi) is 3.34. The second-order valence-corrected chi connectivity index (χ2v) is 3.97. The molecular weight excluding hydrogens is 264 g/mol. The van der Waals surface area contributed by atoms with Crippen LogP contribution in [-0.2, 0) is 9.47 Å². The summed E-state index contributed by atoms with van der Waals surface area (Å²) in [5.41, 5.74) is 0. The minimum Gasteiger partial charge on any atom is -0.371 e. The first-order valence-electron chi connectivity index (χ1n) is 3.64. The molecule has 0 spiro atoms. The lowest BCUT2D eigenvalue weighted by molar-refractivity contribution is -0.760. The summed E-state index contributed by atoms with van der Waals surface area (Å²) in [6, 6.07) is 0. The molecule has 1 fully saturated rings. The van der Waals surface area contributed by atoms with E-state index in [1.807, 2.05) is 0 Å². The predicted molar refractivity (Wildman–Crippen MR) is 46.2 cm³/mol. The topological polar surface area (TPSA) is 108 Å². The molecular formula is C5H7BrN2O6. The van der Waals surface area contributed by atoms with Crippen LogP contribution >= 0.6 is 15.9 Å². The van der Waals surface area contributed by atoms with E-state index in [9.17, 15) is 20.2 Å². The highest BCUT2D eigenvalue weighted by Crippen LogP contribution is 2.20. The summed E-state index contributed by atoms with van der Waals surface area (Å²) in [6.45, 7) is 0.0358. The van der Waals surface area contributed by atoms with Gasteiger partial charge in [-0.3, -0.25) is 20.2 Å². The molecule has 0 aromatic rings. The number of hydrogen-bond acceptors (Lipinski definition) is 6. The van der Waals surface area contributed by atoms with E-state index in [0.717, 1.165) is 0 Å². The Balaban J connectivity index is 2.41. The van der Waals surface area contributed by atoms with Gasteiger partial charge in [-0.2, -0.15) is 0 Å². The van der Waals surface area contributed by atoms with E-state index in [-0.39, 0.29) is 12.7 Å². The molecule has 1 rings (SSSR count). The van der Waals surface area contributed by atoms with Crippen molar-refractivity contribution in [2.24, 2.45) is 0 Å². The summed E-state index contributed by atoms with van der Waals surface area (Å²) < 4.78 is 7.10. The molecule has 0 bridgehead atoms. The zero-order valence-electron chi connectivity index (χ0n) is 6.92. The van der Waals surface area contributed by atoms with Crippen LogP contribution in [0.1, 0.15) is 0 Å². The second kappa shape index (κ2) is 4.15. The third-order valence-electron chi connectivity index (χ3n) is 1.55. The number of ether oxygens (including phenoxy) is 2. The number of hydrogen-bond donors (Lipinski definition) is 0. The predicted octanol–water partition coefficient (Wildman–Crippen LogP) is 0.00390. The van der Waals surface area contributed by atoms with E-state index in [1.165, 1.54) is 0 Å². The second-order valence-electron chi connectivity index (χ2n) is 2.70. The van der Waals surface area contributed by atoms with Crippen molar-refractivity contribution in [1.29, 1.82) is 0 Å². The van der Waals surface area contributed by atoms with Gasteiger partial charge in [0.25, 0.3) is 0 Å². The summed E-state index contributed by atoms with van der Waals surface area (Å²) in [6.07, 6.45) is -0.0785. The fourth-order valence-electron chi connectivity index (χ4n) is 0.657. The Labute approximate surface area is 86.6 Å². The lowest BCUT2D eigenvalue weighted by Crippen LogP contribution is -2.44. The summed E-state index contributed by atoms with van der Waals surface area (Å²) in [5.74, 6) is 0. The van der Waals surface area contributed by atoms with Gasteiger partial charge >= 0.3 is 4.57 Å². The molecule has 0 aliphatic carbocycles. The third kappa shape index (κ3) is 2.59. The van der Waals surface area contributed by atoms with E-state index in [1.54, 1.807) is 0 Å². The molecule has 80 valence electrons. The number of epoxide rings is 1. The summed E-state index contributed by atoms with van der Waals surface area (Å²) in [4.78, 5) is 18.6. The fraction of sp³-hybridized carbons (Fsp3) is 1.00. The molecule has 1 unspecified atom stereocenters. The van der Waals surface area contributed by atoms with Crippen molar-refractivity contribution in [3.63, 3.8) is 0 Å². The number of alkyl halides is 1. The zero-order valence-corrected chi connectivity index (χ0v) is 8.51. The first-order chi connectivity index (χ1) is 6.47. The van der Waals surface area contributed by atoms with Gasteiger partial charge in [0.2, 0.25) is 6.61 Å². The summed E-state index contributed by atoms with van der Waals surface area (Å²) in [7, 11) is 0. The maximum absolute atomic E-state index is 10.4. The molecule has 0 saturated carbocycles. The van der Waals surface area contributed by atoms with Crippen molar-refractivity contribution in [3.05, 3.63) is 20.2 Å². The van der Waals surface area contributed by atoms with Gasteiger partial charge in [-0.1, -0.05) is 0 Å². The molecule has 1 saturated heterocycles. The van der Waals surface area contributed by atoms with Gasteiger partial charge in [0.1, 0.15) is 16.0 Å². The van der Waals surface area contributed by atoms with E-state index in [4.69, 9.17) is 9.47 Å². The number of nitrogens with zero attached hydrogens (tertiary/aromatic N) is 2. The van der Waals surface area contributed by atoms with E-state index in [0.29, 0.717) is 6.61 Å². The van der Waals surface area contributed by atoms with Gasteiger partial charge in [-0.25, -0.2) is 0 Å². The van der Waals surface area contributed by atoms with Gasteiger partial charge in [0.05, 0.1) is 29.1 Å². The molecule has 1 aliphatic rings. The smallest absolute Gasteiger partial charge is 0.371 e. The normalized spacial score (nSPS) is 20.5. The Bertz CT molecular complexity index is 241. The van der Waals surface area contributed by atoms with Crippen LogP contribution in [-0.4, -0.2) is 40.3 Å². The molecule has 1 heterocycles. The van der Waals surface area contributed by atoms with Gasteiger partial charge in [0.15, 0.2) is 0 Å². The van der Waals surface area contributed by atoms with Gasteiger partial charge in [-0.15, -0.1) is 0 Å². The van der Waals surface area contributed by atoms with Crippen LogP contribution in [0.25, 0.3) is 0 Å². The van der Waals surface area contributed by atoms with Gasteiger partial charge < -0.3 is 9.47 Å². The largest absolute Gasteiger partial charge is 0.533 e. The molecule has 1 atom stereocenters. The lowest BCUT2D eigenvalue weighted by Gasteiger charge is -2.09. The Morgan fingerprint density at radius 1 is 1.50 bits per heavy atom. The average molecular weight is 271 g/mol. The molecule has 0 radical (unpaired) electrons. The number of halogens is 1. The highest BCUT2D eigenvalue weighted by molar-refractivity contribution is 9.09. The highest BCUT2D eigenvalue weighted by atomic mass is 79.9. The van der Waals surface area contributed by atoms with Crippen LogP contribution in [0.15, 0.2) is 0 Å². The lowest BCUT2D eigenvalue weighted by atomic mass is 10.5. The van der Waals surface area contributed by atoms with Gasteiger partial charge in [-0.05, 0) is 0 Å². The third-order valence-corrected chi connectivity index (χ3v) is 2.36. The molecule has 0 N–H and O–H groups in total. The first-order valence-corrected chi connectivity index (χ1v) is 4.43. The van der Waals surface area contributed by atoms with Crippen molar-refractivity contribution in [3.8, 4) is 0 Å². The zero-order chi connectivity index (χ0) is 10.8. The van der Waals surface area contributed by atoms with Crippen molar-refractivity contribution in [1.82, 2.24) is 0 Å². The fourth-order valence-corrected chi connectivity index (χ4v) is 0.818. The van der Waals surface area contributed by atoms with Crippen molar-refractivity contribution >= 4 is 15.9 Å². The van der Waals surface area contributed by atoms with Crippen LogP contribution in [0.4, 0.5) is 0 Å². The number of nitro groups is 2. The quantitative estimate of drug-likeness (QED) is 0.168. The SMILES string of the molecule is O=[N+]([O-])C(Br)(COCC1CO1)[N+](=O)[O-]. The van der Waals surface area contributed by atoms with E-state index >= 15 is 0 Å². The molecule has 14 heavy (non-hydrogen) atoms. The molecule has 0 aromatic carbocycles. The van der Waals surface area contributed by atoms with E-state index < -0.39 is 21.0 Å². The van der Waals surface area contributed by atoms with Crippen LogP contribution < -0.4 is 0 Å². The Morgan fingerprint density at radius 3 is 2.36 bits per heavy atom. The number of rotatable bonds is 6. The van der Waals surface area contributed by atoms with Crippen LogP contribution in [0.3, 0.4) is 0 Å². The highest BCUT2D eigenvalue weighted by Gasteiger charge is 2.54. The Hall–Kier alpha value is -0.800. The minimum atomic E-state index is -2.46. The molecule has 0 amide bonds. The Morgan fingerprint density at radius 2 is 2.00 bits per heavy atom. The monoisotopic (exact) mass is 270 g/mol. The van der Waals surface area contributed by atoms with Gasteiger partial charge in [0, 0.05) is 0 Å². The van der Waals surface area contributed by atoms with Crippen LogP contribution in [0, 0.1) is 20.2 Å². The molecule has 0 aromatic heterocycles. The summed E-state index contributed by atoms with van der Waals surface area (Å²) >= 11 is 2.42. The molecule has 8 nitrogen and oxygen atoms in total. The average Bonchev–Trinajstić information content (AvgIpc) is 2.87. The summed E-state index contributed by atoms with van der Waals surface area (Å²) in [5, 5.41) is 20.7. The van der Waals surface area contributed by atoms with E-state index in [2.05, 4.69) is 15.9 Å². The van der Waals surface area contributed by atoms with Crippen molar-refractivity contribution in [2.45, 2.75) is 10.7 Å². The standard InChI is InChI=1S/C5H7BrN2O6/c6-5(7(9)10,8(11)12)3-13-1-4-2-14-4/h4H,1-3H2. The van der Waals surface area contributed by atoms with Crippen LogP contribution in [0.5, 0.6) is 0 Å². The van der Waals surface area contributed by atoms with Crippen LogP contribution in [0.2, 0.25) is 0 Å². The maximum atomic E-state index is 10.4. The van der Waals surface area contributed by atoms with Crippen molar-refractivity contribution in [2.75, 3.05) is 19.8 Å².